The second-order valence-corrected chi connectivity index (χ2v) is 6.95. The summed E-state index contributed by atoms with van der Waals surface area (Å²) in [7, 11) is 0. The first-order chi connectivity index (χ1) is 11.7. The van der Waals surface area contributed by atoms with Crippen LogP contribution in [0.1, 0.15) is 53.5 Å². The van der Waals surface area contributed by atoms with Crippen LogP contribution in [0, 0.1) is 0 Å². The zero-order valence-electron chi connectivity index (χ0n) is 13.4. The molecule has 126 valence electrons. The number of hydrogen-bond acceptors (Lipinski definition) is 3. The molecule has 6 heteroatoms. The molecule has 0 unspecified atom stereocenters. The molecular formula is C18H20ClN3O2. The van der Waals surface area contributed by atoms with E-state index in [0.717, 1.165) is 24.1 Å². The molecule has 0 bridgehead atoms. The number of nitrogens with zero attached hydrogens (tertiary/aromatic N) is 2. The maximum atomic E-state index is 12.4. The van der Waals surface area contributed by atoms with Crippen molar-refractivity contribution in [1.29, 1.82) is 0 Å². The Morgan fingerprint density at radius 1 is 1.25 bits per heavy atom. The number of ether oxygens (including phenoxy) is 1. The minimum Gasteiger partial charge on any atom is -0.365 e. The van der Waals surface area contributed by atoms with Crippen LogP contribution in [0.2, 0.25) is 5.02 Å². The minimum absolute atomic E-state index is 0.0691. The number of benzene rings is 1. The smallest absolute Gasteiger partial charge is 0.272 e. The first kappa shape index (κ1) is 15.7. The zero-order chi connectivity index (χ0) is 16.5. The lowest BCUT2D eigenvalue weighted by Crippen LogP contribution is -2.33. The fourth-order valence-electron chi connectivity index (χ4n) is 3.44. The molecule has 4 rings (SSSR count). The second kappa shape index (κ2) is 6.57. The van der Waals surface area contributed by atoms with Crippen molar-refractivity contribution in [2.24, 2.45) is 0 Å². The van der Waals surface area contributed by atoms with E-state index >= 15 is 0 Å². The highest BCUT2D eigenvalue weighted by Crippen LogP contribution is 2.27. The maximum absolute atomic E-state index is 12.4. The molecule has 1 atom stereocenters. The third kappa shape index (κ3) is 3.19. The number of carbonyl (C=O) groups excluding carboxylic acids is 1. The van der Waals surface area contributed by atoms with Crippen LogP contribution in [0.3, 0.4) is 0 Å². The average molecular weight is 346 g/mol. The van der Waals surface area contributed by atoms with E-state index in [4.69, 9.17) is 16.3 Å². The highest BCUT2D eigenvalue weighted by molar-refractivity contribution is 6.30. The number of nitrogens with one attached hydrogen (secondary N) is 1. The normalized spacial score (nSPS) is 20.8. The van der Waals surface area contributed by atoms with E-state index in [2.05, 4.69) is 10.4 Å². The van der Waals surface area contributed by atoms with E-state index in [0.29, 0.717) is 29.9 Å². The lowest BCUT2D eigenvalue weighted by Gasteiger charge is -2.24. The summed E-state index contributed by atoms with van der Waals surface area (Å²) >= 11 is 5.94. The van der Waals surface area contributed by atoms with Gasteiger partial charge in [-0.15, -0.1) is 0 Å². The largest absolute Gasteiger partial charge is 0.365 e. The van der Waals surface area contributed by atoms with Gasteiger partial charge in [0.2, 0.25) is 0 Å². The van der Waals surface area contributed by atoms with Crippen LogP contribution in [-0.2, 0) is 17.9 Å². The first-order valence-electron chi connectivity index (χ1n) is 8.44. The maximum Gasteiger partial charge on any atom is 0.272 e. The Balaban J connectivity index is 1.47. The Morgan fingerprint density at radius 2 is 2.00 bits per heavy atom. The van der Waals surface area contributed by atoms with Crippen molar-refractivity contribution >= 4 is 17.5 Å². The van der Waals surface area contributed by atoms with Gasteiger partial charge in [0, 0.05) is 11.1 Å². The van der Waals surface area contributed by atoms with Gasteiger partial charge in [-0.2, -0.15) is 5.10 Å². The van der Waals surface area contributed by atoms with Crippen molar-refractivity contribution in [2.45, 2.75) is 51.0 Å². The lowest BCUT2D eigenvalue weighted by molar-refractivity contribution is -0.00119. The molecule has 5 nitrogen and oxygen atoms in total. The van der Waals surface area contributed by atoms with Crippen LogP contribution < -0.4 is 5.32 Å². The molecule has 1 aromatic heterocycles. The highest BCUT2D eigenvalue weighted by Gasteiger charge is 2.25. The van der Waals surface area contributed by atoms with Gasteiger partial charge in [0.1, 0.15) is 6.10 Å². The first-order valence-corrected chi connectivity index (χ1v) is 8.81. The molecule has 1 aromatic carbocycles. The van der Waals surface area contributed by atoms with E-state index in [1.54, 1.807) is 0 Å². The third-order valence-corrected chi connectivity index (χ3v) is 5.05. The Bertz CT molecular complexity index is 735. The molecule has 24 heavy (non-hydrogen) atoms. The van der Waals surface area contributed by atoms with E-state index in [9.17, 15) is 4.79 Å². The molecule has 0 saturated heterocycles. The topological polar surface area (TPSA) is 56.2 Å². The van der Waals surface area contributed by atoms with Gasteiger partial charge >= 0.3 is 0 Å². The molecule has 2 heterocycles. The SMILES string of the molecule is O=C(NC1CCCC1)c1cc2n(n1)C[C@@H](c1ccc(Cl)cc1)OC2. The van der Waals surface area contributed by atoms with Crippen LogP contribution >= 0.6 is 11.6 Å². The molecule has 1 aliphatic carbocycles. The Kier molecular flexibility index (Phi) is 4.29. The number of carbonyl (C=O) groups is 1. The molecule has 0 radical (unpaired) electrons. The van der Waals surface area contributed by atoms with E-state index in [-0.39, 0.29) is 12.0 Å². The fourth-order valence-corrected chi connectivity index (χ4v) is 3.57. The summed E-state index contributed by atoms with van der Waals surface area (Å²) in [6.45, 7) is 1.06. The molecule has 1 saturated carbocycles. The lowest BCUT2D eigenvalue weighted by atomic mass is 10.1. The number of halogens is 1. The summed E-state index contributed by atoms with van der Waals surface area (Å²) in [6.07, 6.45) is 4.46. The number of aromatic nitrogens is 2. The standard InChI is InChI=1S/C18H20ClN3O2/c19-13-7-5-12(6-8-13)17-10-22-15(11-24-17)9-16(21-22)18(23)20-14-3-1-2-4-14/h5-9,14,17H,1-4,10-11H2,(H,20,23)/t17-/m0/s1. The van der Waals surface area contributed by atoms with Crippen molar-refractivity contribution in [3.63, 3.8) is 0 Å². The summed E-state index contributed by atoms with van der Waals surface area (Å²) in [5.74, 6) is -0.0770. The Labute approximate surface area is 145 Å². The average Bonchev–Trinajstić information content (AvgIpc) is 3.24. The summed E-state index contributed by atoms with van der Waals surface area (Å²) in [5, 5.41) is 8.28. The van der Waals surface area contributed by atoms with Gasteiger partial charge in [-0.25, -0.2) is 0 Å². The summed E-state index contributed by atoms with van der Waals surface area (Å²) in [4.78, 5) is 12.4. The monoisotopic (exact) mass is 345 g/mol. The van der Waals surface area contributed by atoms with Crippen LogP contribution in [0.25, 0.3) is 0 Å². The van der Waals surface area contributed by atoms with Gasteiger partial charge in [-0.1, -0.05) is 36.6 Å². The van der Waals surface area contributed by atoms with Crippen molar-refractivity contribution in [1.82, 2.24) is 15.1 Å². The highest BCUT2D eigenvalue weighted by atomic mass is 35.5. The molecule has 1 fully saturated rings. The molecular weight excluding hydrogens is 326 g/mol. The van der Waals surface area contributed by atoms with Gasteiger partial charge in [0.25, 0.3) is 5.91 Å². The zero-order valence-corrected chi connectivity index (χ0v) is 14.1. The number of fused-ring (bicyclic) bond motifs is 1. The van der Waals surface area contributed by atoms with Gasteiger partial charge in [-0.3, -0.25) is 9.48 Å². The van der Waals surface area contributed by atoms with E-state index < -0.39 is 0 Å². The molecule has 2 aromatic rings. The van der Waals surface area contributed by atoms with Crippen molar-refractivity contribution in [3.8, 4) is 0 Å². The quantitative estimate of drug-likeness (QED) is 0.926. The van der Waals surface area contributed by atoms with Gasteiger partial charge in [0.05, 0.1) is 18.8 Å². The number of rotatable bonds is 3. The summed E-state index contributed by atoms with van der Waals surface area (Å²) in [5.41, 5.74) is 2.49. The predicted molar refractivity (Wildman–Crippen MR) is 90.9 cm³/mol. The molecule has 0 spiro atoms. The van der Waals surface area contributed by atoms with Crippen LogP contribution in [-0.4, -0.2) is 21.7 Å². The van der Waals surface area contributed by atoms with Gasteiger partial charge < -0.3 is 10.1 Å². The second-order valence-electron chi connectivity index (χ2n) is 6.51. The minimum atomic E-state index is -0.0770. The van der Waals surface area contributed by atoms with Crippen molar-refractivity contribution in [2.75, 3.05) is 0 Å². The molecule has 1 aliphatic heterocycles. The van der Waals surface area contributed by atoms with Crippen LogP contribution in [0.5, 0.6) is 0 Å². The van der Waals surface area contributed by atoms with Crippen LogP contribution in [0.15, 0.2) is 30.3 Å². The van der Waals surface area contributed by atoms with Crippen molar-refractivity contribution in [3.05, 3.63) is 52.3 Å². The van der Waals surface area contributed by atoms with E-state index in [1.165, 1.54) is 12.8 Å². The number of hydrogen-bond donors (Lipinski definition) is 1. The summed E-state index contributed by atoms with van der Waals surface area (Å²) < 4.78 is 7.80. The third-order valence-electron chi connectivity index (χ3n) is 4.80. The van der Waals surface area contributed by atoms with Crippen molar-refractivity contribution < 1.29 is 9.53 Å². The fraction of sp³-hybridized carbons (Fsp3) is 0.444. The Morgan fingerprint density at radius 3 is 2.75 bits per heavy atom. The van der Waals surface area contributed by atoms with Crippen LogP contribution in [0.4, 0.5) is 0 Å². The molecule has 2 aliphatic rings. The predicted octanol–water partition coefficient (Wildman–Crippen LogP) is 3.48. The molecule has 1 amide bonds. The van der Waals surface area contributed by atoms with Gasteiger partial charge in [0.15, 0.2) is 5.69 Å². The molecule has 1 N–H and O–H groups in total. The van der Waals surface area contributed by atoms with Gasteiger partial charge in [-0.05, 0) is 36.6 Å². The number of amides is 1. The summed E-state index contributed by atoms with van der Waals surface area (Å²) in [6, 6.07) is 9.79. The van der Waals surface area contributed by atoms with E-state index in [1.807, 2.05) is 35.0 Å². The Hall–Kier alpha value is -1.85.